The maximum Gasteiger partial charge on any atom is 0.254 e. The van der Waals surface area contributed by atoms with Crippen molar-refractivity contribution in [2.24, 2.45) is 5.92 Å². The fraction of sp³-hybridized carbons (Fsp3) is 0.600. The molecule has 0 unspecified atom stereocenters. The summed E-state index contributed by atoms with van der Waals surface area (Å²) < 4.78 is 5.18. The van der Waals surface area contributed by atoms with Crippen molar-refractivity contribution in [3.63, 3.8) is 0 Å². The number of carbonyl (C=O) groups excluding carboxylic acids is 1. The van der Waals surface area contributed by atoms with Crippen LogP contribution >= 0.6 is 11.6 Å². The largest absolute Gasteiger partial charge is 0.384 e. The lowest BCUT2D eigenvalue weighted by atomic mass is 9.97. The number of aryl methyl sites for hydroxylation is 1. The highest BCUT2D eigenvalue weighted by atomic mass is 35.5. The molecule has 0 aromatic carbocycles. The lowest BCUT2D eigenvalue weighted by Gasteiger charge is -2.31. The van der Waals surface area contributed by atoms with E-state index < -0.39 is 0 Å². The third-order valence-electron chi connectivity index (χ3n) is 3.76. The zero-order valence-corrected chi connectivity index (χ0v) is 12.8. The fourth-order valence-corrected chi connectivity index (χ4v) is 2.80. The summed E-state index contributed by atoms with van der Waals surface area (Å²) in [5.41, 5.74) is 1.50. The average Bonchev–Trinajstić information content (AvgIpc) is 2.47. The van der Waals surface area contributed by atoms with E-state index in [1.165, 1.54) is 0 Å². The average molecular weight is 297 g/mol. The number of ether oxygens (including phenoxy) is 1. The molecule has 2 heterocycles. The van der Waals surface area contributed by atoms with Crippen molar-refractivity contribution in [2.75, 3.05) is 26.8 Å². The highest BCUT2D eigenvalue weighted by Gasteiger charge is 2.24. The fourth-order valence-electron chi connectivity index (χ4n) is 2.58. The van der Waals surface area contributed by atoms with Gasteiger partial charge in [0.2, 0.25) is 0 Å². The van der Waals surface area contributed by atoms with Gasteiger partial charge in [-0.1, -0.05) is 18.5 Å². The first-order valence-corrected chi connectivity index (χ1v) is 7.46. The summed E-state index contributed by atoms with van der Waals surface area (Å²) >= 11 is 5.98. The van der Waals surface area contributed by atoms with E-state index in [1.54, 1.807) is 13.2 Å². The quantitative estimate of drug-likeness (QED) is 0.802. The molecule has 1 aromatic rings. The van der Waals surface area contributed by atoms with Crippen LogP contribution < -0.4 is 0 Å². The molecule has 0 N–H and O–H groups in total. The maximum atomic E-state index is 12.5. The van der Waals surface area contributed by atoms with Crippen LogP contribution in [-0.4, -0.2) is 42.6 Å². The second-order valence-electron chi connectivity index (χ2n) is 5.21. The second kappa shape index (κ2) is 7.04. The molecule has 1 fully saturated rings. The van der Waals surface area contributed by atoms with Gasteiger partial charge in [0.05, 0.1) is 0 Å². The van der Waals surface area contributed by atoms with Crippen LogP contribution in [0.2, 0.25) is 5.15 Å². The number of aromatic nitrogens is 1. The number of methoxy groups -OCH3 is 1. The van der Waals surface area contributed by atoms with Crippen LogP contribution in [0.15, 0.2) is 12.1 Å². The molecule has 1 aromatic heterocycles. The summed E-state index contributed by atoms with van der Waals surface area (Å²) in [6, 6.07) is 3.50. The smallest absolute Gasteiger partial charge is 0.254 e. The number of halogens is 1. The molecule has 0 radical (unpaired) electrons. The number of carbonyl (C=O) groups is 1. The molecule has 4 nitrogen and oxygen atoms in total. The number of piperidine rings is 1. The second-order valence-corrected chi connectivity index (χ2v) is 5.60. The summed E-state index contributed by atoms with van der Waals surface area (Å²) in [6.45, 7) is 4.36. The Hall–Kier alpha value is -1.13. The highest BCUT2D eigenvalue weighted by Crippen LogP contribution is 2.20. The van der Waals surface area contributed by atoms with Gasteiger partial charge in [-0.2, -0.15) is 0 Å². The molecule has 0 bridgehead atoms. The van der Waals surface area contributed by atoms with Crippen molar-refractivity contribution < 1.29 is 9.53 Å². The van der Waals surface area contributed by atoms with Crippen molar-refractivity contribution in [1.82, 2.24) is 9.88 Å². The number of hydrogen-bond donors (Lipinski definition) is 0. The van der Waals surface area contributed by atoms with Gasteiger partial charge in [-0.05, 0) is 37.3 Å². The van der Waals surface area contributed by atoms with Crippen LogP contribution in [0.4, 0.5) is 0 Å². The van der Waals surface area contributed by atoms with Crippen molar-refractivity contribution in [3.8, 4) is 0 Å². The third kappa shape index (κ3) is 3.70. The van der Waals surface area contributed by atoms with Gasteiger partial charge in [-0.25, -0.2) is 4.98 Å². The van der Waals surface area contributed by atoms with Crippen LogP contribution in [-0.2, 0) is 11.2 Å². The Morgan fingerprint density at radius 1 is 1.45 bits per heavy atom. The minimum Gasteiger partial charge on any atom is -0.384 e. The summed E-state index contributed by atoms with van der Waals surface area (Å²) in [5, 5.41) is 0.391. The Bertz CT molecular complexity index is 471. The molecule has 1 aliphatic heterocycles. The van der Waals surface area contributed by atoms with Crippen LogP contribution in [0, 0.1) is 5.92 Å². The molecule has 0 saturated carbocycles. The summed E-state index contributed by atoms with van der Waals surface area (Å²) in [6.07, 6.45) is 2.77. The standard InChI is InChI=1S/C15H21ClN2O2/c1-3-13-8-12(9-14(16)17-13)15(19)18-6-4-11(5-7-18)10-20-2/h8-9,11H,3-7,10H2,1-2H3. The van der Waals surface area contributed by atoms with Crippen LogP contribution in [0.1, 0.15) is 35.8 Å². The monoisotopic (exact) mass is 296 g/mol. The minimum absolute atomic E-state index is 0.0554. The number of nitrogens with zero attached hydrogens (tertiary/aromatic N) is 2. The van der Waals surface area contributed by atoms with E-state index in [1.807, 2.05) is 17.9 Å². The van der Waals surface area contributed by atoms with E-state index in [9.17, 15) is 4.79 Å². The Morgan fingerprint density at radius 2 is 2.15 bits per heavy atom. The molecule has 5 heteroatoms. The molecular formula is C15H21ClN2O2. The normalized spacial score (nSPS) is 16.4. The molecule has 0 atom stereocenters. The summed E-state index contributed by atoms with van der Waals surface area (Å²) in [5.74, 6) is 0.621. The first kappa shape index (κ1) is 15.3. The predicted molar refractivity (Wildman–Crippen MR) is 79.1 cm³/mol. The molecule has 1 aliphatic rings. The van der Waals surface area contributed by atoms with Gasteiger partial charge in [0.1, 0.15) is 5.15 Å². The van der Waals surface area contributed by atoms with Crippen molar-refractivity contribution in [2.45, 2.75) is 26.2 Å². The van der Waals surface area contributed by atoms with Gasteiger partial charge in [-0.15, -0.1) is 0 Å². The Morgan fingerprint density at radius 3 is 2.75 bits per heavy atom. The zero-order valence-electron chi connectivity index (χ0n) is 12.1. The topological polar surface area (TPSA) is 42.4 Å². The SMILES string of the molecule is CCc1cc(C(=O)N2CCC(COC)CC2)cc(Cl)n1. The van der Waals surface area contributed by atoms with Gasteiger partial charge in [-0.3, -0.25) is 4.79 Å². The molecule has 0 spiro atoms. The highest BCUT2D eigenvalue weighted by molar-refractivity contribution is 6.29. The first-order chi connectivity index (χ1) is 9.63. The number of rotatable bonds is 4. The van der Waals surface area contributed by atoms with Gasteiger partial charge in [0.25, 0.3) is 5.91 Å². The number of amides is 1. The van der Waals surface area contributed by atoms with E-state index in [0.717, 1.165) is 44.7 Å². The van der Waals surface area contributed by atoms with E-state index in [0.29, 0.717) is 16.6 Å². The zero-order chi connectivity index (χ0) is 14.5. The number of hydrogen-bond acceptors (Lipinski definition) is 3. The third-order valence-corrected chi connectivity index (χ3v) is 3.95. The lowest BCUT2D eigenvalue weighted by molar-refractivity contribution is 0.0613. The van der Waals surface area contributed by atoms with Crippen molar-refractivity contribution in [1.29, 1.82) is 0 Å². The molecule has 110 valence electrons. The molecule has 0 aliphatic carbocycles. The van der Waals surface area contributed by atoms with Crippen LogP contribution in [0.3, 0.4) is 0 Å². The van der Waals surface area contributed by atoms with Gasteiger partial charge < -0.3 is 9.64 Å². The van der Waals surface area contributed by atoms with Gasteiger partial charge >= 0.3 is 0 Å². The molecule has 1 amide bonds. The van der Waals surface area contributed by atoms with Crippen LogP contribution in [0.5, 0.6) is 0 Å². The number of likely N-dealkylation sites (tertiary alicyclic amines) is 1. The van der Waals surface area contributed by atoms with Crippen LogP contribution in [0.25, 0.3) is 0 Å². The Labute approximate surface area is 125 Å². The van der Waals surface area contributed by atoms with E-state index in [4.69, 9.17) is 16.3 Å². The predicted octanol–water partition coefficient (Wildman–Crippen LogP) is 2.80. The number of pyridine rings is 1. The Kier molecular flexibility index (Phi) is 5.38. The summed E-state index contributed by atoms with van der Waals surface area (Å²) in [7, 11) is 1.72. The first-order valence-electron chi connectivity index (χ1n) is 7.08. The maximum absolute atomic E-state index is 12.5. The molecular weight excluding hydrogens is 276 g/mol. The van der Waals surface area contributed by atoms with Gasteiger partial charge in [0.15, 0.2) is 0 Å². The van der Waals surface area contributed by atoms with E-state index >= 15 is 0 Å². The minimum atomic E-state index is 0.0554. The summed E-state index contributed by atoms with van der Waals surface area (Å²) in [4.78, 5) is 18.6. The molecule has 20 heavy (non-hydrogen) atoms. The van der Waals surface area contributed by atoms with Crippen molar-refractivity contribution >= 4 is 17.5 Å². The van der Waals surface area contributed by atoms with E-state index in [-0.39, 0.29) is 5.91 Å². The molecule has 2 rings (SSSR count). The van der Waals surface area contributed by atoms with Gasteiger partial charge in [0, 0.05) is 38.1 Å². The van der Waals surface area contributed by atoms with E-state index in [2.05, 4.69) is 4.98 Å². The Balaban J connectivity index is 2.03. The molecule has 1 saturated heterocycles. The lowest BCUT2D eigenvalue weighted by Crippen LogP contribution is -2.39. The van der Waals surface area contributed by atoms with Crippen molar-refractivity contribution in [3.05, 3.63) is 28.5 Å².